The lowest BCUT2D eigenvalue weighted by atomic mass is 9.94. The van der Waals surface area contributed by atoms with E-state index >= 15 is 0 Å². The summed E-state index contributed by atoms with van der Waals surface area (Å²) >= 11 is 0. The Balaban J connectivity index is 3.49. The van der Waals surface area contributed by atoms with Crippen LogP contribution in [0, 0.1) is 5.41 Å². The number of carbonyl (C=O) groups is 5. The van der Waals surface area contributed by atoms with Crippen LogP contribution >= 0.6 is 0 Å². The van der Waals surface area contributed by atoms with Crippen molar-refractivity contribution in [3.63, 3.8) is 0 Å². The second-order valence-electron chi connectivity index (χ2n) is 7.79. The number of ether oxygens (including phenoxy) is 6. The lowest BCUT2D eigenvalue weighted by Crippen LogP contribution is -2.67. The largest absolute Gasteiger partial charge is 0.459 e. The van der Waals surface area contributed by atoms with Gasteiger partial charge in [0.05, 0.1) is 12.0 Å². The molecule has 11 heteroatoms. The monoisotopic (exact) mass is 432 g/mol. The van der Waals surface area contributed by atoms with E-state index in [0.29, 0.717) is 0 Å². The maximum atomic E-state index is 12.6. The summed E-state index contributed by atoms with van der Waals surface area (Å²) in [5, 5.41) is 0. The third kappa shape index (κ3) is 6.97. The van der Waals surface area contributed by atoms with Crippen LogP contribution in [0.2, 0.25) is 0 Å². The van der Waals surface area contributed by atoms with Crippen LogP contribution in [-0.4, -0.2) is 67.2 Å². The maximum absolute atomic E-state index is 12.6. The molecule has 1 heterocycles. The van der Waals surface area contributed by atoms with Gasteiger partial charge in [-0.25, -0.2) is 0 Å². The van der Waals surface area contributed by atoms with Gasteiger partial charge in [0.25, 0.3) is 5.79 Å². The number of esters is 5. The Bertz CT molecular complexity index is 693. The van der Waals surface area contributed by atoms with Crippen molar-refractivity contribution in [2.45, 2.75) is 72.6 Å². The van der Waals surface area contributed by atoms with Gasteiger partial charge in [-0.3, -0.25) is 24.0 Å². The molecule has 11 nitrogen and oxygen atoms in total. The molecule has 0 radical (unpaired) electrons. The Hall–Kier alpha value is -2.69. The van der Waals surface area contributed by atoms with E-state index in [0.717, 1.165) is 27.7 Å². The number of hydrogen-bond donors (Lipinski definition) is 0. The van der Waals surface area contributed by atoms with Crippen molar-refractivity contribution >= 4 is 29.8 Å². The Morgan fingerprint density at radius 1 is 0.867 bits per heavy atom. The smallest absolute Gasteiger partial charge is 0.314 e. The van der Waals surface area contributed by atoms with Gasteiger partial charge in [0.2, 0.25) is 6.10 Å². The molecule has 0 saturated carbocycles. The summed E-state index contributed by atoms with van der Waals surface area (Å²) in [6.45, 7) is 8.08. The third-order valence-electron chi connectivity index (χ3n) is 3.86. The molecule has 1 fully saturated rings. The van der Waals surface area contributed by atoms with Gasteiger partial charge >= 0.3 is 29.8 Å². The van der Waals surface area contributed by atoms with Gasteiger partial charge in [0.15, 0.2) is 18.8 Å². The van der Waals surface area contributed by atoms with Gasteiger partial charge in [0.1, 0.15) is 0 Å². The predicted molar refractivity (Wildman–Crippen MR) is 97.5 cm³/mol. The molecule has 0 N–H and O–H groups in total. The van der Waals surface area contributed by atoms with E-state index in [1.165, 1.54) is 0 Å². The SMILES string of the molecule is CC(=O)OCC1(OC(=O)C(C)(C)C)OCC(OC(C)=O)C(OC(C)=O)C1OC(C)=O. The highest BCUT2D eigenvalue weighted by molar-refractivity contribution is 5.76. The highest BCUT2D eigenvalue weighted by atomic mass is 16.8. The van der Waals surface area contributed by atoms with Crippen molar-refractivity contribution in [3.05, 3.63) is 0 Å². The molecule has 1 saturated heterocycles. The van der Waals surface area contributed by atoms with Gasteiger partial charge in [-0.15, -0.1) is 0 Å². The number of carbonyl (C=O) groups excluding carboxylic acids is 5. The lowest BCUT2D eigenvalue weighted by molar-refractivity contribution is -0.341. The Labute approximate surface area is 174 Å². The molecule has 0 aliphatic carbocycles. The molecule has 0 aromatic heterocycles. The highest BCUT2D eigenvalue weighted by Gasteiger charge is 2.60. The molecule has 1 aliphatic heterocycles. The fourth-order valence-electron chi connectivity index (χ4n) is 2.58. The first-order valence-electron chi connectivity index (χ1n) is 9.20. The molecule has 170 valence electrons. The van der Waals surface area contributed by atoms with Crippen LogP contribution in [0.25, 0.3) is 0 Å². The third-order valence-corrected chi connectivity index (χ3v) is 3.86. The van der Waals surface area contributed by atoms with E-state index < -0.39 is 72.6 Å². The predicted octanol–water partition coefficient (Wildman–Crippen LogP) is 0.660. The van der Waals surface area contributed by atoms with Crippen molar-refractivity contribution in [1.29, 1.82) is 0 Å². The molecule has 0 aromatic carbocycles. The molecule has 0 aromatic rings. The van der Waals surface area contributed by atoms with Crippen molar-refractivity contribution in [2.75, 3.05) is 13.2 Å². The minimum atomic E-state index is -2.14. The van der Waals surface area contributed by atoms with Gasteiger partial charge in [0, 0.05) is 27.7 Å². The second kappa shape index (κ2) is 9.88. The molecule has 0 amide bonds. The standard InChI is InChI=1S/C19H28O11/c1-10(20)25-9-19(30-17(24)18(5,6)7)16(29-13(4)23)15(28-12(3)22)14(8-26-19)27-11(2)21/h14-16H,8-9H2,1-7H3. The van der Waals surface area contributed by atoms with Gasteiger partial charge in [-0.2, -0.15) is 0 Å². The molecular formula is C19H28O11. The summed E-state index contributed by atoms with van der Waals surface area (Å²) in [5.74, 6) is -5.94. The second-order valence-corrected chi connectivity index (χ2v) is 7.79. The summed E-state index contributed by atoms with van der Waals surface area (Å²) in [4.78, 5) is 59.0. The van der Waals surface area contributed by atoms with Gasteiger partial charge in [-0.05, 0) is 20.8 Å². The summed E-state index contributed by atoms with van der Waals surface area (Å²) in [6, 6.07) is 0. The van der Waals surface area contributed by atoms with Crippen molar-refractivity contribution < 1.29 is 52.4 Å². The summed E-state index contributed by atoms with van der Waals surface area (Å²) in [7, 11) is 0. The van der Waals surface area contributed by atoms with Crippen molar-refractivity contribution in [3.8, 4) is 0 Å². The minimum Gasteiger partial charge on any atom is -0.459 e. The van der Waals surface area contributed by atoms with Crippen LogP contribution in [0.3, 0.4) is 0 Å². The first kappa shape index (κ1) is 25.3. The van der Waals surface area contributed by atoms with E-state index in [1.54, 1.807) is 20.8 Å². The van der Waals surface area contributed by atoms with E-state index in [9.17, 15) is 24.0 Å². The lowest BCUT2D eigenvalue weighted by Gasteiger charge is -2.47. The zero-order valence-electron chi connectivity index (χ0n) is 18.1. The van der Waals surface area contributed by atoms with Crippen LogP contribution in [0.15, 0.2) is 0 Å². The van der Waals surface area contributed by atoms with E-state index in [4.69, 9.17) is 28.4 Å². The Morgan fingerprint density at radius 2 is 1.40 bits per heavy atom. The molecule has 1 rings (SSSR count). The van der Waals surface area contributed by atoms with Crippen LogP contribution in [0.1, 0.15) is 48.5 Å². The number of hydrogen-bond acceptors (Lipinski definition) is 11. The zero-order chi connectivity index (χ0) is 23.3. The Morgan fingerprint density at radius 3 is 1.83 bits per heavy atom. The molecule has 4 unspecified atom stereocenters. The van der Waals surface area contributed by atoms with Gasteiger partial charge < -0.3 is 28.4 Å². The average Bonchev–Trinajstić information content (AvgIpc) is 2.56. The fraction of sp³-hybridized carbons (Fsp3) is 0.737. The van der Waals surface area contributed by atoms with E-state index in [2.05, 4.69) is 0 Å². The van der Waals surface area contributed by atoms with Crippen LogP contribution < -0.4 is 0 Å². The first-order chi connectivity index (χ1) is 13.7. The normalized spacial score (nSPS) is 26.2. The summed E-state index contributed by atoms with van der Waals surface area (Å²) in [5.41, 5.74) is -1.00. The summed E-state index contributed by atoms with van der Waals surface area (Å²) < 4.78 is 31.8. The summed E-state index contributed by atoms with van der Waals surface area (Å²) in [6.07, 6.45) is -4.16. The highest BCUT2D eigenvalue weighted by Crippen LogP contribution is 2.35. The van der Waals surface area contributed by atoms with E-state index in [1.807, 2.05) is 0 Å². The van der Waals surface area contributed by atoms with Crippen molar-refractivity contribution in [1.82, 2.24) is 0 Å². The average molecular weight is 432 g/mol. The Kier molecular flexibility index (Phi) is 8.34. The van der Waals surface area contributed by atoms with E-state index in [-0.39, 0.29) is 0 Å². The molecule has 0 spiro atoms. The van der Waals surface area contributed by atoms with Crippen LogP contribution in [0.4, 0.5) is 0 Å². The van der Waals surface area contributed by atoms with Crippen LogP contribution in [0.5, 0.6) is 0 Å². The zero-order valence-corrected chi connectivity index (χ0v) is 18.1. The molecule has 4 atom stereocenters. The van der Waals surface area contributed by atoms with Crippen LogP contribution in [-0.2, 0) is 52.4 Å². The maximum Gasteiger partial charge on any atom is 0.314 e. The van der Waals surface area contributed by atoms with Gasteiger partial charge in [-0.1, -0.05) is 0 Å². The fourth-order valence-corrected chi connectivity index (χ4v) is 2.58. The molecular weight excluding hydrogens is 404 g/mol. The first-order valence-corrected chi connectivity index (χ1v) is 9.20. The molecule has 0 bridgehead atoms. The van der Waals surface area contributed by atoms with Crippen molar-refractivity contribution in [2.24, 2.45) is 5.41 Å². The molecule has 30 heavy (non-hydrogen) atoms. The minimum absolute atomic E-state index is 0.395. The molecule has 1 aliphatic rings. The topological polar surface area (TPSA) is 141 Å². The number of rotatable bonds is 6. The quantitative estimate of drug-likeness (QED) is 0.432.